The topological polar surface area (TPSA) is 76.9 Å². The average molecular weight is 408 g/mol. The van der Waals surface area contributed by atoms with E-state index in [1.807, 2.05) is 26.0 Å². The van der Waals surface area contributed by atoms with Crippen LogP contribution >= 0.6 is 11.8 Å². The third kappa shape index (κ3) is 4.71. The monoisotopic (exact) mass is 407 g/mol. The summed E-state index contributed by atoms with van der Waals surface area (Å²) in [6, 6.07) is 11.1. The van der Waals surface area contributed by atoms with Gasteiger partial charge in [-0.1, -0.05) is 17.8 Å². The highest BCUT2D eigenvalue weighted by Gasteiger charge is 2.29. The summed E-state index contributed by atoms with van der Waals surface area (Å²) >= 11 is 1.42. The van der Waals surface area contributed by atoms with E-state index in [2.05, 4.69) is 11.4 Å². The lowest BCUT2D eigenvalue weighted by atomic mass is 10.2. The Morgan fingerprint density at radius 2 is 1.70 bits per heavy atom. The molecule has 2 aromatic rings. The lowest BCUT2D eigenvalue weighted by molar-refractivity contribution is -0.751. The zero-order valence-electron chi connectivity index (χ0n) is 15.8. The quantitative estimate of drug-likeness (QED) is 0.738. The molecule has 146 valence electrons. The molecule has 1 aliphatic heterocycles. The minimum atomic E-state index is -3.67. The van der Waals surface area contributed by atoms with Crippen molar-refractivity contribution in [3.63, 3.8) is 0 Å². The highest BCUT2D eigenvalue weighted by Crippen LogP contribution is 2.36. The van der Waals surface area contributed by atoms with Gasteiger partial charge in [0.2, 0.25) is 10.0 Å². The number of quaternary nitrogens is 1. The van der Waals surface area contributed by atoms with E-state index in [0.717, 1.165) is 16.0 Å². The molecule has 0 saturated carbocycles. The Hall–Kier alpha value is -1.42. The van der Waals surface area contributed by atoms with E-state index in [-0.39, 0.29) is 9.96 Å². The fourth-order valence-corrected chi connectivity index (χ4v) is 6.18. The number of hydrogen-bond acceptors (Lipinski definition) is 5. The highest BCUT2D eigenvalue weighted by atomic mass is 32.2. The second-order valence-electron chi connectivity index (χ2n) is 6.80. The summed E-state index contributed by atoms with van der Waals surface area (Å²) in [5.41, 5.74) is 2.67. The number of nitrogens with zero attached hydrogens (tertiary/aromatic N) is 1. The Morgan fingerprint density at radius 1 is 1.07 bits per heavy atom. The Morgan fingerprint density at radius 3 is 2.30 bits per heavy atom. The number of sulfonamides is 1. The standard InChI is InChI=1S/C19H25N3O3S2/c1-14-10-15(2)12-17(11-14)26-18-5-4-16(21(3)23)13-19(18)27(24,25)22-8-6-20-7-9-22/h4-5,10-13,20-21H,6-9H2,1-3H3. The zero-order chi connectivity index (χ0) is 19.6. The molecule has 0 aliphatic carbocycles. The van der Waals surface area contributed by atoms with E-state index in [0.29, 0.717) is 36.8 Å². The molecule has 0 bridgehead atoms. The Bertz CT molecular complexity index is 904. The molecule has 8 heteroatoms. The van der Waals surface area contributed by atoms with Gasteiger partial charge in [-0.15, -0.1) is 0 Å². The van der Waals surface area contributed by atoms with Crippen LogP contribution in [-0.4, -0.2) is 45.9 Å². The predicted molar refractivity (Wildman–Crippen MR) is 108 cm³/mol. The first kappa shape index (κ1) is 20.3. The van der Waals surface area contributed by atoms with Gasteiger partial charge in [0.05, 0.1) is 7.05 Å². The van der Waals surface area contributed by atoms with Crippen LogP contribution in [-0.2, 0) is 10.0 Å². The van der Waals surface area contributed by atoms with Crippen LogP contribution in [0, 0.1) is 19.1 Å². The fourth-order valence-electron chi connectivity index (χ4n) is 3.16. The number of rotatable bonds is 5. The molecule has 0 radical (unpaired) electrons. The molecule has 0 aromatic heterocycles. The molecule has 1 heterocycles. The van der Waals surface area contributed by atoms with Gasteiger partial charge in [0.1, 0.15) is 10.6 Å². The van der Waals surface area contributed by atoms with Gasteiger partial charge in [-0.2, -0.15) is 4.31 Å². The van der Waals surface area contributed by atoms with E-state index in [1.165, 1.54) is 29.2 Å². The molecule has 1 aliphatic rings. The minimum absolute atomic E-state index is 0.144. The smallest absolute Gasteiger partial charge is 0.244 e. The summed E-state index contributed by atoms with van der Waals surface area (Å²) in [6.45, 7) is 6.17. The van der Waals surface area contributed by atoms with Crippen LogP contribution in [0.1, 0.15) is 11.1 Å². The zero-order valence-corrected chi connectivity index (χ0v) is 17.4. The van der Waals surface area contributed by atoms with E-state index in [4.69, 9.17) is 0 Å². The Labute approximate surface area is 165 Å². The lowest BCUT2D eigenvalue weighted by Crippen LogP contribution is -2.98. The van der Waals surface area contributed by atoms with Crippen molar-refractivity contribution in [3.8, 4) is 0 Å². The molecule has 1 fully saturated rings. The molecule has 1 atom stereocenters. The second kappa shape index (κ2) is 8.30. The SMILES string of the molecule is Cc1cc(C)cc(Sc2ccc([NH+](C)[O-])cc2S(=O)(=O)N2CCNCC2)c1. The van der Waals surface area contributed by atoms with Gasteiger partial charge in [0.15, 0.2) is 0 Å². The van der Waals surface area contributed by atoms with Gasteiger partial charge < -0.3 is 15.6 Å². The van der Waals surface area contributed by atoms with Crippen LogP contribution in [0.15, 0.2) is 51.1 Å². The van der Waals surface area contributed by atoms with Crippen LogP contribution in [0.3, 0.4) is 0 Å². The summed E-state index contributed by atoms with van der Waals surface area (Å²) in [6.07, 6.45) is 0. The predicted octanol–water partition coefficient (Wildman–Crippen LogP) is 1.69. The summed E-state index contributed by atoms with van der Waals surface area (Å²) in [5.74, 6) is 0. The lowest BCUT2D eigenvalue weighted by Gasteiger charge is -2.28. The second-order valence-corrected chi connectivity index (χ2v) is 9.82. The number of nitrogens with one attached hydrogen (secondary N) is 2. The molecule has 3 rings (SSSR count). The number of piperazine rings is 1. The normalized spacial score (nSPS) is 17.0. The Balaban J connectivity index is 2.05. The molecule has 2 N–H and O–H groups in total. The maximum absolute atomic E-state index is 13.3. The van der Waals surface area contributed by atoms with E-state index in [1.54, 1.807) is 12.1 Å². The molecule has 6 nitrogen and oxygen atoms in total. The summed E-state index contributed by atoms with van der Waals surface area (Å²) < 4.78 is 28.1. The van der Waals surface area contributed by atoms with E-state index < -0.39 is 10.0 Å². The molecular weight excluding hydrogens is 382 g/mol. The Kier molecular flexibility index (Phi) is 6.25. The van der Waals surface area contributed by atoms with Crippen molar-refractivity contribution >= 4 is 27.5 Å². The van der Waals surface area contributed by atoms with Gasteiger partial charge in [0, 0.05) is 48.1 Å². The first-order valence-corrected chi connectivity index (χ1v) is 11.1. The number of benzene rings is 2. The van der Waals surface area contributed by atoms with Crippen LogP contribution in [0.25, 0.3) is 0 Å². The van der Waals surface area contributed by atoms with Crippen LogP contribution < -0.4 is 10.4 Å². The van der Waals surface area contributed by atoms with Gasteiger partial charge >= 0.3 is 0 Å². The first-order chi connectivity index (χ1) is 12.8. The van der Waals surface area contributed by atoms with Crippen LogP contribution in [0.5, 0.6) is 0 Å². The fraction of sp³-hybridized carbons (Fsp3) is 0.368. The third-order valence-electron chi connectivity index (χ3n) is 4.47. The van der Waals surface area contributed by atoms with Crippen molar-refractivity contribution in [2.45, 2.75) is 28.5 Å². The van der Waals surface area contributed by atoms with Crippen LogP contribution in [0.2, 0.25) is 0 Å². The van der Waals surface area contributed by atoms with Crippen molar-refractivity contribution in [3.05, 3.63) is 52.7 Å². The summed E-state index contributed by atoms with van der Waals surface area (Å²) in [7, 11) is -2.22. The average Bonchev–Trinajstić information content (AvgIpc) is 2.61. The minimum Gasteiger partial charge on any atom is -0.629 e. The molecule has 0 spiro atoms. The molecule has 2 aromatic carbocycles. The maximum Gasteiger partial charge on any atom is 0.244 e. The van der Waals surface area contributed by atoms with Crippen LogP contribution in [0.4, 0.5) is 5.69 Å². The molecular formula is C19H25N3O3S2. The van der Waals surface area contributed by atoms with Gasteiger partial charge in [-0.25, -0.2) is 8.42 Å². The summed E-state index contributed by atoms with van der Waals surface area (Å²) in [5, 5.41) is 14.9. The molecule has 27 heavy (non-hydrogen) atoms. The van der Waals surface area contributed by atoms with Crippen molar-refractivity contribution < 1.29 is 13.5 Å². The van der Waals surface area contributed by atoms with Gasteiger partial charge in [-0.05, 0) is 43.2 Å². The maximum atomic E-state index is 13.3. The number of hydrogen-bond donors (Lipinski definition) is 2. The van der Waals surface area contributed by atoms with Crippen molar-refractivity contribution in [1.82, 2.24) is 9.62 Å². The van der Waals surface area contributed by atoms with Gasteiger partial charge in [-0.3, -0.25) is 0 Å². The number of hydroxylamine groups is 1. The van der Waals surface area contributed by atoms with Crippen molar-refractivity contribution in [2.75, 3.05) is 33.2 Å². The van der Waals surface area contributed by atoms with Crippen molar-refractivity contribution in [2.24, 2.45) is 0 Å². The van der Waals surface area contributed by atoms with Gasteiger partial charge in [0.25, 0.3) is 0 Å². The summed E-state index contributed by atoms with van der Waals surface area (Å²) in [4.78, 5) is 1.84. The largest absolute Gasteiger partial charge is 0.629 e. The molecule has 1 unspecified atom stereocenters. The van der Waals surface area contributed by atoms with Crippen molar-refractivity contribution in [1.29, 1.82) is 0 Å². The first-order valence-electron chi connectivity index (χ1n) is 8.89. The molecule has 0 amide bonds. The number of aryl methyl sites for hydroxylation is 2. The highest BCUT2D eigenvalue weighted by molar-refractivity contribution is 8.00. The van der Waals surface area contributed by atoms with E-state index in [9.17, 15) is 13.6 Å². The third-order valence-corrected chi connectivity index (χ3v) is 7.58. The molecule has 1 saturated heterocycles. The van der Waals surface area contributed by atoms with E-state index >= 15 is 0 Å².